The number of rotatable bonds is 7. The monoisotopic (exact) mass is 408 g/mol. The minimum absolute atomic E-state index is 0.111. The maximum Gasteiger partial charge on any atom is 0.264 e. The van der Waals surface area contributed by atoms with Crippen LogP contribution in [0, 0.1) is 6.92 Å². The van der Waals surface area contributed by atoms with Crippen LogP contribution >= 0.6 is 0 Å². The summed E-state index contributed by atoms with van der Waals surface area (Å²) in [6.07, 6.45) is 4.67. The molecule has 3 rings (SSSR count). The molecule has 0 atom stereocenters. The van der Waals surface area contributed by atoms with Gasteiger partial charge in [-0.15, -0.1) is 0 Å². The lowest BCUT2D eigenvalue weighted by Gasteiger charge is -2.23. The van der Waals surface area contributed by atoms with Crippen LogP contribution in [-0.4, -0.2) is 32.1 Å². The third kappa shape index (κ3) is 5.26. The first-order valence-corrected chi connectivity index (χ1v) is 10.3. The van der Waals surface area contributed by atoms with E-state index in [4.69, 9.17) is 0 Å². The van der Waals surface area contributed by atoms with Crippen LogP contribution in [0.3, 0.4) is 0 Å². The third-order valence-corrected chi connectivity index (χ3v) is 5.84. The van der Waals surface area contributed by atoms with Crippen molar-refractivity contribution in [2.45, 2.75) is 11.8 Å². The molecule has 1 heterocycles. The molecule has 29 heavy (non-hydrogen) atoms. The number of nitrogens with zero attached hydrogens (tertiary/aromatic N) is 3. The molecule has 1 aromatic heterocycles. The predicted molar refractivity (Wildman–Crippen MR) is 112 cm³/mol. The van der Waals surface area contributed by atoms with Gasteiger partial charge in [0.05, 0.1) is 16.8 Å². The molecule has 0 bridgehead atoms. The summed E-state index contributed by atoms with van der Waals surface area (Å²) in [4.78, 5) is 16.4. The molecule has 0 aliphatic carbocycles. The van der Waals surface area contributed by atoms with E-state index in [0.29, 0.717) is 5.69 Å². The van der Waals surface area contributed by atoms with E-state index in [1.54, 1.807) is 67.0 Å². The van der Waals surface area contributed by atoms with Gasteiger partial charge in [-0.1, -0.05) is 35.9 Å². The molecule has 1 amide bonds. The summed E-state index contributed by atoms with van der Waals surface area (Å²) in [6, 6.07) is 18.4. The highest BCUT2D eigenvalue weighted by molar-refractivity contribution is 7.92. The van der Waals surface area contributed by atoms with Crippen LogP contribution in [0.1, 0.15) is 11.1 Å². The maximum absolute atomic E-state index is 13.2. The molecule has 3 aromatic rings. The number of amides is 1. The van der Waals surface area contributed by atoms with Crippen molar-refractivity contribution in [1.82, 2.24) is 10.4 Å². The van der Waals surface area contributed by atoms with E-state index in [-0.39, 0.29) is 4.90 Å². The molecule has 0 spiro atoms. The Morgan fingerprint density at radius 3 is 2.34 bits per heavy atom. The number of aryl methyl sites for hydroxylation is 1. The van der Waals surface area contributed by atoms with Crippen molar-refractivity contribution in [3.63, 3.8) is 0 Å². The molecule has 0 saturated carbocycles. The topological polar surface area (TPSA) is 91.7 Å². The lowest BCUT2D eigenvalue weighted by atomic mass is 10.2. The fourth-order valence-corrected chi connectivity index (χ4v) is 3.96. The van der Waals surface area contributed by atoms with Gasteiger partial charge in [0.1, 0.15) is 6.54 Å². The molecule has 0 saturated heterocycles. The molecule has 148 valence electrons. The number of pyridine rings is 1. The Morgan fingerprint density at radius 1 is 1.03 bits per heavy atom. The lowest BCUT2D eigenvalue weighted by Crippen LogP contribution is -2.39. The second kappa shape index (κ2) is 9.11. The van der Waals surface area contributed by atoms with Crippen LogP contribution in [0.4, 0.5) is 5.69 Å². The summed E-state index contributed by atoms with van der Waals surface area (Å²) in [7, 11) is -3.93. The molecule has 0 aliphatic rings. The van der Waals surface area contributed by atoms with Crippen LogP contribution in [0.15, 0.2) is 89.1 Å². The zero-order valence-corrected chi connectivity index (χ0v) is 16.6. The smallest absolute Gasteiger partial charge is 0.264 e. The number of benzene rings is 2. The minimum atomic E-state index is -3.93. The molecule has 0 fully saturated rings. The van der Waals surface area contributed by atoms with Gasteiger partial charge in [0.2, 0.25) is 0 Å². The second-order valence-corrected chi connectivity index (χ2v) is 8.10. The Labute approximate surface area is 169 Å². The van der Waals surface area contributed by atoms with Gasteiger partial charge in [-0.25, -0.2) is 13.8 Å². The van der Waals surface area contributed by atoms with E-state index in [0.717, 1.165) is 15.4 Å². The fraction of sp³-hybridized carbons (Fsp3) is 0.0952. The first kappa shape index (κ1) is 20.2. The Bertz CT molecular complexity index is 1080. The fourth-order valence-electron chi connectivity index (χ4n) is 2.54. The summed E-state index contributed by atoms with van der Waals surface area (Å²) in [5, 5.41) is 3.88. The molecule has 0 radical (unpaired) electrons. The normalized spacial score (nSPS) is 11.3. The number of anilines is 1. The number of nitrogens with one attached hydrogen (secondary N) is 1. The van der Waals surface area contributed by atoms with Gasteiger partial charge >= 0.3 is 0 Å². The van der Waals surface area contributed by atoms with Crippen LogP contribution in [-0.2, 0) is 14.8 Å². The molecule has 8 heteroatoms. The molecule has 7 nitrogen and oxygen atoms in total. The summed E-state index contributed by atoms with van der Waals surface area (Å²) < 4.78 is 27.4. The van der Waals surface area contributed by atoms with Gasteiger partial charge in [0.15, 0.2) is 0 Å². The average Bonchev–Trinajstić information content (AvgIpc) is 2.73. The Balaban J connectivity index is 1.82. The SMILES string of the molecule is Cc1ccc(S(=O)(=O)N(CC(=O)N/N=C\c2ccncc2)c2ccccc2)cc1. The Kier molecular flexibility index (Phi) is 6.36. The predicted octanol–water partition coefficient (Wildman–Crippen LogP) is 2.74. The van der Waals surface area contributed by atoms with Crippen molar-refractivity contribution >= 4 is 27.8 Å². The molecule has 2 aromatic carbocycles. The van der Waals surface area contributed by atoms with Gasteiger partial charge in [-0.3, -0.25) is 14.1 Å². The summed E-state index contributed by atoms with van der Waals surface area (Å²) in [5.41, 5.74) is 4.46. The number of para-hydroxylation sites is 1. The maximum atomic E-state index is 13.2. The first-order valence-electron chi connectivity index (χ1n) is 8.83. The number of hydrogen-bond donors (Lipinski definition) is 1. The van der Waals surface area contributed by atoms with Crippen LogP contribution in [0.25, 0.3) is 0 Å². The highest BCUT2D eigenvalue weighted by Crippen LogP contribution is 2.23. The number of hydrogen-bond acceptors (Lipinski definition) is 5. The van der Waals surface area contributed by atoms with Gasteiger partial charge < -0.3 is 0 Å². The van der Waals surface area contributed by atoms with Crippen LogP contribution in [0.5, 0.6) is 0 Å². The summed E-state index contributed by atoms with van der Waals surface area (Å²) in [6.45, 7) is 1.47. The van der Waals surface area contributed by atoms with Crippen molar-refractivity contribution in [3.05, 3.63) is 90.3 Å². The van der Waals surface area contributed by atoms with Gasteiger partial charge in [0, 0.05) is 12.4 Å². The molecule has 1 N–H and O–H groups in total. The van der Waals surface area contributed by atoms with Crippen molar-refractivity contribution in [2.75, 3.05) is 10.8 Å². The van der Waals surface area contributed by atoms with Crippen molar-refractivity contribution < 1.29 is 13.2 Å². The van der Waals surface area contributed by atoms with Crippen molar-refractivity contribution in [1.29, 1.82) is 0 Å². The standard InChI is InChI=1S/C21H20N4O3S/c1-17-7-9-20(10-8-17)29(27,28)25(19-5-3-2-4-6-19)16-21(26)24-23-15-18-11-13-22-14-12-18/h2-15H,16H2,1H3,(H,24,26)/b23-15-. The zero-order valence-electron chi connectivity index (χ0n) is 15.8. The number of carbonyl (C=O) groups excluding carboxylic acids is 1. The molecule has 0 unspecified atom stereocenters. The quantitative estimate of drug-likeness (QED) is 0.481. The van der Waals surface area contributed by atoms with Gasteiger partial charge in [-0.05, 0) is 48.9 Å². The van der Waals surface area contributed by atoms with E-state index in [1.165, 1.54) is 18.3 Å². The van der Waals surface area contributed by atoms with Crippen LogP contribution in [0.2, 0.25) is 0 Å². The summed E-state index contributed by atoms with van der Waals surface area (Å²) in [5.74, 6) is -0.560. The Morgan fingerprint density at radius 2 is 1.69 bits per heavy atom. The van der Waals surface area contributed by atoms with E-state index in [2.05, 4.69) is 15.5 Å². The van der Waals surface area contributed by atoms with E-state index < -0.39 is 22.5 Å². The highest BCUT2D eigenvalue weighted by Gasteiger charge is 2.27. The van der Waals surface area contributed by atoms with Crippen LogP contribution < -0.4 is 9.73 Å². The number of hydrazone groups is 1. The zero-order chi connectivity index (χ0) is 20.7. The second-order valence-electron chi connectivity index (χ2n) is 6.23. The van der Waals surface area contributed by atoms with Crippen molar-refractivity contribution in [3.8, 4) is 0 Å². The van der Waals surface area contributed by atoms with E-state index in [9.17, 15) is 13.2 Å². The summed E-state index contributed by atoms with van der Waals surface area (Å²) >= 11 is 0. The lowest BCUT2D eigenvalue weighted by molar-refractivity contribution is -0.119. The minimum Gasteiger partial charge on any atom is -0.271 e. The largest absolute Gasteiger partial charge is 0.271 e. The Hall–Kier alpha value is -3.52. The number of aromatic nitrogens is 1. The van der Waals surface area contributed by atoms with Gasteiger partial charge in [-0.2, -0.15) is 5.10 Å². The highest BCUT2D eigenvalue weighted by atomic mass is 32.2. The molecular weight excluding hydrogens is 388 g/mol. The number of carbonyl (C=O) groups is 1. The molecular formula is C21H20N4O3S. The van der Waals surface area contributed by atoms with Gasteiger partial charge in [0.25, 0.3) is 15.9 Å². The molecule has 0 aliphatic heterocycles. The third-order valence-electron chi connectivity index (χ3n) is 4.05. The first-order chi connectivity index (χ1) is 14.0. The van der Waals surface area contributed by atoms with E-state index in [1.807, 2.05) is 6.92 Å². The average molecular weight is 408 g/mol. The van der Waals surface area contributed by atoms with E-state index >= 15 is 0 Å². The van der Waals surface area contributed by atoms with Crippen molar-refractivity contribution in [2.24, 2.45) is 5.10 Å². The number of sulfonamides is 1.